The molecule has 0 saturated heterocycles. The van der Waals surface area contributed by atoms with Crippen molar-refractivity contribution < 1.29 is 14.6 Å². The first-order valence-corrected chi connectivity index (χ1v) is 8.75. The summed E-state index contributed by atoms with van der Waals surface area (Å²) < 4.78 is 7.33. The highest BCUT2D eigenvalue weighted by Crippen LogP contribution is 2.32. The van der Waals surface area contributed by atoms with Crippen LogP contribution in [-0.2, 0) is 24.3 Å². The van der Waals surface area contributed by atoms with E-state index in [4.69, 9.17) is 9.84 Å². The van der Waals surface area contributed by atoms with Gasteiger partial charge in [-0.05, 0) is 18.6 Å². The fraction of sp³-hybridized carbons (Fsp3) is 0.444. The molecule has 8 nitrogen and oxygen atoms in total. The zero-order valence-corrected chi connectivity index (χ0v) is 14.6. The molecule has 2 aromatic rings. The maximum Gasteiger partial charge on any atom is 0.270 e. The molecule has 26 heavy (non-hydrogen) atoms. The van der Waals surface area contributed by atoms with Crippen LogP contribution in [0.4, 0.5) is 5.69 Å². The summed E-state index contributed by atoms with van der Waals surface area (Å²) >= 11 is 0. The number of benzene rings is 1. The summed E-state index contributed by atoms with van der Waals surface area (Å²) in [6, 6.07) is 7.67. The predicted molar refractivity (Wildman–Crippen MR) is 95.4 cm³/mol. The van der Waals surface area contributed by atoms with Crippen molar-refractivity contribution in [3.63, 3.8) is 0 Å². The molecule has 138 valence electrons. The maximum atomic E-state index is 13.0. The molecular weight excluding hydrogens is 336 g/mol. The van der Waals surface area contributed by atoms with E-state index in [0.29, 0.717) is 37.4 Å². The second-order valence-corrected chi connectivity index (χ2v) is 6.71. The van der Waals surface area contributed by atoms with Crippen molar-refractivity contribution in [1.82, 2.24) is 14.7 Å². The number of aliphatic hydroxyl groups excluding tert-OH is 1. The van der Waals surface area contributed by atoms with E-state index in [1.807, 2.05) is 36.2 Å². The van der Waals surface area contributed by atoms with Gasteiger partial charge < -0.3 is 19.6 Å². The molecule has 2 aliphatic heterocycles. The summed E-state index contributed by atoms with van der Waals surface area (Å²) in [5.74, 6) is 0.632. The number of aromatic nitrogens is 2. The van der Waals surface area contributed by atoms with Crippen LogP contribution in [0.2, 0.25) is 0 Å². The number of carbonyl (C=O) groups is 1. The normalized spacial score (nSPS) is 18.9. The quantitative estimate of drug-likeness (QED) is 0.803. The fourth-order valence-corrected chi connectivity index (χ4v) is 3.67. The van der Waals surface area contributed by atoms with E-state index >= 15 is 0 Å². The smallest absolute Gasteiger partial charge is 0.270 e. The summed E-state index contributed by atoms with van der Waals surface area (Å²) in [6.45, 7) is 1.45. The number of anilines is 1. The summed E-state index contributed by atoms with van der Waals surface area (Å²) in [6.07, 6.45) is -0.0590. The average molecular weight is 358 g/mol. The number of fused-ring (bicyclic) bond motifs is 2. The van der Waals surface area contributed by atoms with Crippen LogP contribution in [0.5, 0.6) is 5.75 Å². The van der Waals surface area contributed by atoms with Gasteiger partial charge >= 0.3 is 0 Å². The van der Waals surface area contributed by atoms with E-state index in [9.17, 15) is 9.59 Å². The zero-order valence-electron chi connectivity index (χ0n) is 14.6. The lowest BCUT2D eigenvalue weighted by Crippen LogP contribution is -2.50. The van der Waals surface area contributed by atoms with Crippen LogP contribution in [-0.4, -0.2) is 58.5 Å². The van der Waals surface area contributed by atoms with Crippen LogP contribution in [0, 0.1) is 0 Å². The number of nitrogens with zero attached hydrogens (tertiary/aromatic N) is 3. The maximum absolute atomic E-state index is 13.0. The Balaban J connectivity index is 1.52. The lowest BCUT2D eigenvalue weighted by atomic mass is 10.1. The third-order valence-electron chi connectivity index (χ3n) is 5.01. The van der Waals surface area contributed by atoms with Gasteiger partial charge in [-0.1, -0.05) is 12.1 Å². The minimum Gasteiger partial charge on any atom is -0.477 e. The number of hydrogen-bond acceptors (Lipinski definition) is 5. The number of aliphatic hydroxyl groups is 1. The molecule has 0 aliphatic carbocycles. The van der Waals surface area contributed by atoms with Crippen molar-refractivity contribution in [3.8, 4) is 5.75 Å². The molecule has 2 aliphatic rings. The van der Waals surface area contributed by atoms with E-state index in [1.54, 1.807) is 4.90 Å². The van der Waals surface area contributed by atoms with E-state index < -0.39 is 6.10 Å². The van der Waals surface area contributed by atoms with Gasteiger partial charge in [-0.25, -0.2) is 0 Å². The molecule has 1 aromatic heterocycles. The molecule has 3 heterocycles. The molecule has 0 radical (unpaired) electrons. The van der Waals surface area contributed by atoms with Gasteiger partial charge in [0.05, 0.1) is 37.6 Å². The lowest BCUT2D eigenvalue weighted by Gasteiger charge is -2.36. The molecule has 0 fully saturated rings. The Morgan fingerprint density at radius 3 is 3.00 bits per heavy atom. The Morgan fingerprint density at radius 1 is 1.38 bits per heavy atom. The Morgan fingerprint density at radius 2 is 2.19 bits per heavy atom. The molecule has 1 amide bonds. The van der Waals surface area contributed by atoms with Crippen molar-refractivity contribution in [2.45, 2.75) is 25.6 Å². The zero-order chi connectivity index (χ0) is 18.3. The Labute approximate surface area is 150 Å². The van der Waals surface area contributed by atoms with Crippen LogP contribution in [0.3, 0.4) is 0 Å². The third kappa shape index (κ3) is 2.76. The molecule has 0 spiro atoms. The number of nitrogens with one attached hydrogen (secondary N) is 1. The van der Waals surface area contributed by atoms with E-state index in [2.05, 4.69) is 5.10 Å². The molecule has 1 aromatic carbocycles. The summed E-state index contributed by atoms with van der Waals surface area (Å²) in [4.78, 5) is 29.0. The van der Waals surface area contributed by atoms with Crippen LogP contribution >= 0.6 is 0 Å². The number of aromatic amines is 1. The van der Waals surface area contributed by atoms with Crippen LogP contribution in [0.1, 0.15) is 11.3 Å². The number of amides is 1. The Bertz CT molecular complexity index is 888. The SMILES string of the molecule is CN1C[C@@H](C(=O)N2CCc3c([nH]n(CCO)c3=O)C2)Oc2ccccc21. The average Bonchev–Trinajstić information content (AvgIpc) is 2.96. The van der Waals surface area contributed by atoms with Gasteiger partial charge in [0.1, 0.15) is 5.75 Å². The molecule has 2 N–H and O–H groups in total. The number of rotatable bonds is 3. The minimum absolute atomic E-state index is 0.0761. The van der Waals surface area contributed by atoms with Gasteiger partial charge in [-0.3, -0.25) is 19.4 Å². The molecule has 1 atom stereocenters. The molecule has 0 saturated carbocycles. The fourth-order valence-electron chi connectivity index (χ4n) is 3.67. The molecular formula is C18H22N4O4. The Hall–Kier alpha value is -2.74. The summed E-state index contributed by atoms with van der Waals surface area (Å²) in [7, 11) is 1.95. The largest absolute Gasteiger partial charge is 0.477 e. The van der Waals surface area contributed by atoms with Crippen molar-refractivity contribution in [2.24, 2.45) is 0 Å². The monoisotopic (exact) mass is 358 g/mol. The first-order valence-electron chi connectivity index (χ1n) is 8.75. The van der Waals surface area contributed by atoms with Crippen LogP contribution < -0.4 is 15.2 Å². The van der Waals surface area contributed by atoms with Gasteiger partial charge in [0, 0.05) is 19.2 Å². The number of hydrogen-bond donors (Lipinski definition) is 2. The van der Waals surface area contributed by atoms with Crippen molar-refractivity contribution in [1.29, 1.82) is 0 Å². The highest BCUT2D eigenvalue weighted by atomic mass is 16.5. The summed E-state index contributed by atoms with van der Waals surface area (Å²) in [5, 5.41) is 12.1. The van der Waals surface area contributed by atoms with Crippen molar-refractivity contribution in [2.75, 3.05) is 31.6 Å². The first-order chi connectivity index (χ1) is 12.6. The minimum atomic E-state index is -0.567. The van der Waals surface area contributed by atoms with Crippen molar-refractivity contribution in [3.05, 3.63) is 45.9 Å². The van der Waals surface area contributed by atoms with Gasteiger partial charge in [-0.2, -0.15) is 0 Å². The molecule has 8 heteroatoms. The van der Waals surface area contributed by atoms with Crippen LogP contribution in [0.25, 0.3) is 0 Å². The predicted octanol–water partition coefficient (Wildman–Crippen LogP) is -0.0492. The van der Waals surface area contributed by atoms with Crippen molar-refractivity contribution >= 4 is 11.6 Å². The molecule has 0 bridgehead atoms. The number of para-hydroxylation sites is 2. The number of H-pyrrole nitrogens is 1. The number of likely N-dealkylation sites (N-methyl/N-ethyl adjacent to an activating group) is 1. The topological polar surface area (TPSA) is 90.8 Å². The van der Waals surface area contributed by atoms with E-state index in [-0.39, 0.29) is 24.6 Å². The van der Waals surface area contributed by atoms with Gasteiger partial charge in [0.25, 0.3) is 11.5 Å². The van der Waals surface area contributed by atoms with Gasteiger partial charge in [0.2, 0.25) is 0 Å². The van der Waals surface area contributed by atoms with Gasteiger partial charge in [-0.15, -0.1) is 0 Å². The number of ether oxygens (including phenoxy) is 1. The van der Waals surface area contributed by atoms with Gasteiger partial charge in [0.15, 0.2) is 6.10 Å². The Kier molecular flexibility index (Phi) is 4.20. The molecule has 4 rings (SSSR count). The first kappa shape index (κ1) is 16.7. The highest BCUT2D eigenvalue weighted by Gasteiger charge is 2.34. The number of carbonyl (C=O) groups excluding carboxylic acids is 1. The standard InChI is InChI=1S/C18H22N4O4/c1-20-11-16(26-15-5-3-2-4-14(15)20)18(25)21-7-6-12-13(10-21)19-22(8-9-23)17(12)24/h2-5,16,19,23H,6-11H2,1H3/t16-/m0/s1. The summed E-state index contributed by atoms with van der Waals surface area (Å²) in [5.41, 5.74) is 2.31. The van der Waals surface area contributed by atoms with E-state index in [1.165, 1.54) is 4.68 Å². The van der Waals surface area contributed by atoms with E-state index in [0.717, 1.165) is 11.4 Å². The second kappa shape index (κ2) is 6.53. The second-order valence-electron chi connectivity index (χ2n) is 6.71. The molecule has 0 unspecified atom stereocenters. The lowest BCUT2D eigenvalue weighted by molar-refractivity contribution is -0.139. The highest BCUT2D eigenvalue weighted by molar-refractivity contribution is 5.83. The van der Waals surface area contributed by atoms with Crippen LogP contribution in [0.15, 0.2) is 29.1 Å². The third-order valence-corrected chi connectivity index (χ3v) is 5.01.